The van der Waals surface area contributed by atoms with E-state index in [4.69, 9.17) is 23.2 Å². The Morgan fingerprint density at radius 3 is 2.36 bits per heavy atom. The van der Waals surface area contributed by atoms with E-state index in [0.717, 1.165) is 15.8 Å². The van der Waals surface area contributed by atoms with E-state index in [1.807, 2.05) is 42.5 Å². The van der Waals surface area contributed by atoms with Crippen molar-refractivity contribution < 1.29 is 13.2 Å². The van der Waals surface area contributed by atoms with Crippen LogP contribution in [0.1, 0.15) is 18.4 Å². The zero-order valence-electron chi connectivity index (χ0n) is 17.4. The van der Waals surface area contributed by atoms with E-state index in [1.54, 1.807) is 23.1 Å². The van der Waals surface area contributed by atoms with Crippen LogP contribution >= 0.6 is 34.5 Å². The van der Waals surface area contributed by atoms with Crippen molar-refractivity contribution in [1.82, 2.24) is 4.98 Å². The molecule has 0 saturated heterocycles. The lowest BCUT2D eigenvalue weighted by Crippen LogP contribution is -2.30. The maximum Gasteiger partial charge on any atom is 0.229 e. The van der Waals surface area contributed by atoms with Crippen molar-refractivity contribution in [2.45, 2.75) is 24.3 Å². The number of thiazole rings is 1. The Kier molecular flexibility index (Phi) is 7.34. The van der Waals surface area contributed by atoms with Crippen molar-refractivity contribution >= 4 is 65.6 Å². The molecule has 3 aromatic carbocycles. The summed E-state index contributed by atoms with van der Waals surface area (Å²) in [7, 11) is -3.50. The number of fused-ring (bicyclic) bond motifs is 1. The molecule has 0 spiro atoms. The van der Waals surface area contributed by atoms with Crippen molar-refractivity contribution in [2.24, 2.45) is 0 Å². The van der Waals surface area contributed by atoms with Gasteiger partial charge >= 0.3 is 0 Å². The number of halogens is 2. The predicted octanol–water partition coefficient (Wildman–Crippen LogP) is 6.39. The Labute approximate surface area is 206 Å². The number of aromatic nitrogens is 1. The fraction of sp³-hybridized carbons (Fsp3) is 0.167. The number of amides is 1. The number of anilines is 1. The summed E-state index contributed by atoms with van der Waals surface area (Å²) in [6.45, 7) is 0.344. The predicted molar refractivity (Wildman–Crippen MR) is 135 cm³/mol. The third-order valence-electron chi connectivity index (χ3n) is 5.03. The maximum absolute atomic E-state index is 13.2. The maximum atomic E-state index is 13.2. The lowest BCUT2D eigenvalue weighted by molar-refractivity contribution is -0.118. The van der Waals surface area contributed by atoms with E-state index in [1.165, 1.54) is 23.5 Å². The molecule has 9 heteroatoms. The SMILES string of the molecule is O=C(CCCS(=O)(=O)c1ccc(Cl)cc1)N(Cc1ccccc1)c1nc2ccc(Cl)cc2s1. The van der Waals surface area contributed by atoms with E-state index in [9.17, 15) is 13.2 Å². The Bertz CT molecular complexity index is 1370. The Morgan fingerprint density at radius 1 is 0.939 bits per heavy atom. The van der Waals surface area contributed by atoms with Gasteiger partial charge in [-0.2, -0.15) is 0 Å². The van der Waals surface area contributed by atoms with Gasteiger partial charge in [-0.3, -0.25) is 9.69 Å². The van der Waals surface area contributed by atoms with Crippen LogP contribution in [-0.2, 0) is 21.2 Å². The third kappa shape index (κ3) is 5.92. The first-order valence-corrected chi connectivity index (χ1v) is 13.4. The van der Waals surface area contributed by atoms with Gasteiger partial charge in [0, 0.05) is 16.5 Å². The van der Waals surface area contributed by atoms with Gasteiger partial charge in [0.25, 0.3) is 0 Å². The summed E-state index contributed by atoms with van der Waals surface area (Å²) in [5, 5.41) is 1.63. The average Bonchev–Trinajstić information content (AvgIpc) is 3.21. The second-order valence-corrected chi connectivity index (χ2v) is 11.4. The Morgan fingerprint density at radius 2 is 1.64 bits per heavy atom. The summed E-state index contributed by atoms with van der Waals surface area (Å²) in [6.07, 6.45) is 0.280. The molecular weight excluding hydrogens is 499 g/mol. The summed E-state index contributed by atoms with van der Waals surface area (Å²) in [4.78, 5) is 19.6. The highest BCUT2D eigenvalue weighted by Crippen LogP contribution is 2.32. The molecule has 0 aliphatic heterocycles. The molecule has 5 nitrogen and oxygen atoms in total. The molecule has 170 valence electrons. The van der Waals surface area contributed by atoms with Crippen molar-refractivity contribution in [1.29, 1.82) is 0 Å². The molecule has 1 heterocycles. The molecule has 0 unspecified atom stereocenters. The number of sulfone groups is 1. The van der Waals surface area contributed by atoms with E-state index in [0.29, 0.717) is 21.7 Å². The van der Waals surface area contributed by atoms with Crippen LogP contribution in [-0.4, -0.2) is 25.1 Å². The van der Waals surface area contributed by atoms with Crippen LogP contribution in [0.4, 0.5) is 5.13 Å². The molecule has 0 atom stereocenters. The van der Waals surface area contributed by atoms with Gasteiger partial charge < -0.3 is 0 Å². The van der Waals surface area contributed by atoms with Crippen molar-refractivity contribution in [3.8, 4) is 0 Å². The summed E-state index contributed by atoms with van der Waals surface area (Å²) >= 11 is 13.3. The number of hydrogen-bond acceptors (Lipinski definition) is 5. The van der Waals surface area contributed by atoms with Crippen molar-refractivity contribution in [3.63, 3.8) is 0 Å². The van der Waals surface area contributed by atoms with Gasteiger partial charge in [-0.05, 0) is 54.4 Å². The average molecular weight is 519 g/mol. The molecule has 1 amide bonds. The monoisotopic (exact) mass is 518 g/mol. The molecule has 1 aromatic heterocycles. The van der Waals surface area contributed by atoms with Crippen LogP contribution in [0.5, 0.6) is 0 Å². The molecule has 4 rings (SSSR count). The number of hydrogen-bond donors (Lipinski definition) is 0. The van der Waals surface area contributed by atoms with E-state index in [2.05, 4.69) is 4.98 Å². The summed E-state index contributed by atoms with van der Waals surface area (Å²) in [6, 6.07) is 21.1. The second kappa shape index (κ2) is 10.2. The molecule has 0 bridgehead atoms. The van der Waals surface area contributed by atoms with E-state index < -0.39 is 9.84 Å². The van der Waals surface area contributed by atoms with Crippen LogP contribution in [0.2, 0.25) is 10.0 Å². The van der Waals surface area contributed by atoms with Crippen LogP contribution in [0, 0.1) is 0 Å². The lowest BCUT2D eigenvalue weighted by Gasteiger charge is -2.20. The summed E-state index contributed by atoms with van der Waals surface area (Å²) in [5.74, 6) is -0.315. The molecule has 0 fully saturated rings. The first kappa shape index (κ1) is 23.7. The van der Waals surface area contributed by atoms with Crippen LogP contribution in [0.15, 0.2) is 77.7 Å². The normalized spacial score (nSPS) is 11.6. The molecular formula is C24H20Cl2N2O3S2. The van der Waals surface area contributed by atoms with Gasteiger partial charge in [0.05, 0.1) is 27.4 Å². The summed E-state index contributed by atoms with van der Waals surface area (Å²) in [5.41, 5.74) is 1.72. The zero-order chi connectivity index (χ0) is 23.4. The van der Waals surface area contributed by atoms with Crippen molar-refractivity contribution in [2.75, 3.05) is 10.7 Å². The van der Waals surface area contributed by atoms with Crippen LogP contribution in [0.25, 0.3) is 10.2 Å². The third-order valence-corrected chi connectivity index (χ3v) is 8.38. The minimum absolute atomic E-state index is 0.0797. The zero-order valence-corrected chi connectivity index (χ0v) is 20.6. The van der Waals surface area contributed by atoms with Gasteiger partial charge in [0.15, 0.2) is 15.0 Å². The first-order valence-electron chi connectivity index (χ1n) is 10.2. The van der Waals surface area contributed by atoms with E-state index in [-0.39, 0.29) is 29.4 Å². The van der Waals surface area contributed by atoms with Crippen molar-refractivity contribution in [3.05, 3.63) is 88.4 Å². The van der Waals surface area contributed by atoms with Crippen LogP contribution in [0.3, 0.4) is 0 Å². The highest BCUT2D eigenvalue weighted by molar-refractivity contribution is 7.91. The molecule has 33 heavy (non-hydrogen) atoms. The second-order valence-electron chi connectivity index (χ2n) is 7.45. The number of rotatable bonds is 8. The quantitative estimate of drug-likeness (QED) is 0.271. The minimum Gasteiger partial charge on any atom is -0.284 e. The molecule has 4 aromatic rings. The number of carbonyl (C=O) groups is 1. The number of benzene rings is 3. The highest BCUT2D eigenvalue weighted by atomic mass is 35.5. The molecule has 0 saturated carbocycles. The molecule has 0 radical (unpaired) electrons. The smallest absolute Gasteiger partial charge is 0.229 e. The van der Waals surface area contributed by atoms with Gasteiger partial charge in [-0.15, -0.1) is 0 Å². The topological polar surface area (TPSA) is 67.3 Å². The first-order chi connectivity index (χ1) is 15.8. The standard InChI is InChI=1S/C24H20Cl2N2O3S2/c25-18-8-11-20(12-9-18)33(30,31)14-4-7-23(29)28(16-17-5-2-1-3-6-17)24-27-21-13-10-19(26)15-22(21)32-24/h1-3,5-6,8-13,15H,4,7,14,16H2. The Hall–Kier alpha value is -2.45. The minimum atomic E-state index is -3.50. The van der Waals surface area contributed by atoms with Gasteiger partial charge in [0.1, 0.15) is 0 Å². The largest absolute Gasteiger partial charge is 0.284 e. The Balaban J connectivity index is 1.52. The van der Waals surface area contributed by atoms with Gasteiger partial charge in [-0.1, -0.05) is 64.9 Å². The number of carbonyl (C=O) groups excluding carboxylic acids is 1. The number of nitrogens with zero attached hydrogens (tertiary/aromatic N) is 2. The summed E-state index contributed by atoms with van der Waals surface area (Å²) < 4.78 is 26.1. The molecule has 0 aliphatic rings. The van der Waals surface area contributed by atoms with Gasteiger partial charge in [-0.25, -0.2) is 13.4 Å². The fourth-order valence-corrected chi connectivity index (χ4v) is 6.03. The fourth-order valence-electron chi connectivity index (χ4n) is 3.34. The molecule has 0 aliphatic carbocycles. The van der Waals surface area contributed by atoms with Gasteiger partial charge in [0.2, 0.25) is 5.91 Å². The molecule has 0 N–H and O–H groups in total. The lowest BCUT2D eigenvalue weighted by atomic mass is 10.2. The highest BCUT2D eigenvalue weighted by Gasteiger charge is 2.22. The van der Waals surface area contributed by atoms with E-state index >= 15 is 0 Å². The van der Waals surface area contributed by atoms with Crippen LogP contribution < -0.4 is 4.90 Å².